The maximum atomic E-state index is 10.8. The van der Waals surface area contributed by atoms with Gasteiger partial charge < -0.3 is 8.83 Å². The fourth-order valence-corrected chi connectivity index (χ4v) is 14.3. The smallest absolute Gasteiger partial charge is 0.167 e. The summed E-state index contributed by atoms with van der Waals surface area (Å²) in [6.45, 7) is 0. The summed E-state index contributed by atoms with van der Waals surface area (Å²) in [5.41, 5.74) is 18.6. The Morgan fingerprint density at radius 1 is 0.179 bits per heavy atom. The molecular formula is C97H57N13O2. The molecule has 6 heterocycles. The first-order chi connectivity index (χ1) is 55.4. The Morgan fingerprint density at radius 2 is 0.429 bits per heavy atom. The maximum absolute atomic E-state index is 10.8. The van der Waals surface area contributed by atoms with Gasteiger partial charge in [0, 0.05) is 77.2 Å². The minimum Gasteiger partial charge on any atom is -0.455 e. The van der Waals surface area contributed by atoms with Crippen LogP contribution in [0.3, 0.4) is 0 Å². The zero-order chi connectivity index (χ0) is 74.4. The topological polar surface area (TPSA) is 205 Å². The molecule has 112 heavy (non-hydrogen) atoms. The third-order valence-corrected chi connectivity index (χ3v) is 20.0. The van der Waals surface area contributed by atoms with Crippen molar-refractivity contribution in [1.29, 1.82) is 5.26 Å². The predicted molar refractivity (Wildman–Crippen MR) is 441 cm³/mol. The molecule has 0 saturated heterocycles. The largest absolute Gasteiger partial charge is 0.455 e. The average molecular weight is 1440 g/mol. The molecule has 14 aromatic carbocycles. The Labute approximate surface area is 641 Å². The molecule has 0 aliphatic rings. The summed E-state index contributed by atoms with van der Waals surface area (Å²) in [5, 5.41) is 14.4. The fourth-order valence-electron chi connectivity index (χ4n) is 14.3. The minimum atomic E-state index is 0.447. The molecule has 0 saturated carbocycles. The van der Waals surface area contributed by atoms with Gasteiger partial charge in [-0.05, 0) is 88.0 Å². The van der Waals surface area contributed by atoms with E-state index in [4.69, 9.17) is 68.6 Å². The highest BCUT2D eigenvalue weighted by Gasteiger charge is 2.24. The van der Waals surface area contributed by atoms with Gasteiger partial charge in [0.2, 0.25) is 0 Å². The van der Waals surface area contributed by atoms with Crippen molar-refractivity contribution in [2.24, 2.45) is 0 Å². The van der Waals surface area contributed by atoms with Crippen LogP contribution in [0.2, 0.25) is 0 Å². The number of benzene rings is 14. The summed E-state index contributed by atoms with van der Waals surface area (Å²) in [7, 11) is 0. The van der Waals surface area contributed by atoms with Crippen molar-refractivity contribution >= 4 is 43.9 Å². The quantitative estimate of drug-likeness (QED) is 0.0936. The van der Waals surface area contributed by atoms with Gasteiger partial charge in [0.25, 0.3) is 0 Å². The Morgan fingerprint density at radius 3 is 0.759 bits per heavy atom. The number of furan rings is 2. The van der Waals surface area contributed by atoms with E-state index in [1.807, 2.05) is 291 Å². The predicted octanol–water partition coefficient (Wildman–Crippen LogP) is 23.1. The molecule has 20 rings (SSSR count). The van der Waals surface area contributed by atoms with E-state index in [1.165, 1.54) is 0 Å². The number of nitriles is 1. The van der Waals surface area contributed by atoms with E-state index in [2.05, 4.69) is 60.7 Å². The van der Waals surface area contributed by atoms with Crippen molar-refractivity contribution in [3.8, 4) is 176 Å². The fraction of sp³-hybridized carbons (Fsp3) is 0. The minimum absolute atomic E-state index is 0.447. The zero-order valence-corrected chi connectivity index (χ0v) is 59.5. The standard InChI is InChI=1S/C97H57N13O2/c98-58-74-55-71(49-52-75(74)62-41-47-70(48-42-62)93-102-90(67-31-17-6-18-32-67)108-97(110-93)79-36-20-33-76-80-56-72(50-53-82(80)111-85(76)79)94-103-86(63-23-9-2-10-24-63)99-87(104-94)64-25-11-3-12-26-64)61-39-45-68(46-40-61)91-100-88(65-27-13-4-14-28-65)105-95(106-91)73-51-54-83-81(57-73)77-34-19-35-78(84(77)112-83)96-107-89(66-29-15-5-16-30-66)101-92(109-96)69-43-37-60(38-44-69)59-21-7-1-8-22-59/h1-57H. The van der Waals surface area contributed by atoms with Gasteiger partial charge in [0.1, 0.15) is 22.3 Å². The zero-order valence-electron chi connectivity index (χ0n) is 59.5. The van der Waals surface area contributed by atoms with Crippen LogP contribution in [0.4, 0.5) is 0 Å². The first-order valence-corrected chi connectivity index (χ1v) is 36.5. The van der Waals surface area contributed by atoms with Gasteiger partial charge in [-0.25, -0.2) is 59.8 Å². The van der Waals surface area contributed by atoms with Crippen LogP contribution in [-0.2, 0) is 0 Å². The van der Waals surface area contributed by atoms with Crippen LogP contribution in [-0.4, -0.2) is 59.8 Å². The lowest BCUT2D eigenvalue weighted by Gasteiger charge is -2.11. The van der Waals surface area contributed by atoms with Crippen molar-refractivity contribution in [3.63, 3.8) is 0 Å². The molecule has 0 spiro atoms. The highest BCUT2D eigenvalue weighted by molar-refractivity contribution is 6.11. The van der Waals surface area contributed by atoms with Gasteiger partial charge in [-0.3, -0.25) is 0 Å². The molecule has 15 nitrogen and oxygen atoms in total. The summed E-state index contributed by atoms with van der Waals surface area (Å²) in [5.74, 6) is 6.22. The second-order valence-electron chi connectivity index (χ2n) is 27.0. The first-order valence-electron chi connectivity index (χ1n) is 36.5. The van der Waals surface area contributed by atoms with Gasteiger partial charge in [-0.2, -0.15) is 5.26 Å². The summed E-state index contributed by atoms with van der Waals surface area (Å²) < 4.78 is 13.5. The van der Waals surface area contributed by atoms with Gasteiger partial charge in [0.15, 0.2) is 69.9 Å². The summed E-state index contributed by atoms with van der Waals surface area (Å²) in [6, 6.07) is 117. The van der Waals surface area contributed by atoms with Crippen LogP contribution in [0, 0.1) is 11.3 Å². The van der Waals surface area contributed by atoms with Crippen LogP contribution < -0.4 is 0 Å². The number of nitrogens with zero attached hydrogens (tertiary/aromatic N) is 13. The van der Waals surface area contributed by atoms with E-state index < -0.39 is 0 Å². The third kappa shape index (κ3) is 12.6. The van der Waals surface area contributed by atoms with E-state index in [0.717, 1.165) is 116 Å². The van der Waals surface area contributed by atoms with Crippen molar-refractivity contribution in [3.05, 3.63) is 351 Å². The molecular weight excluding hydrogens is 1380 g/mol. The Hall–Kier alpha value is -15.8. The number of para-hydroxylation sites is 2. The van der Waals surface area contributed by atoms with Crippen LogP contribution in [0.1, 0.15) is 5.56 Å². The highest BCUT2D eigenvalue weighted by Crippen LogP contribution is 2.42. The van der Waals surface area contributed by atoms with Crippen LogP contribution in [0.15, 0.2) is 355 Å². The van der Waals surface area contributed by atoms with Crippen LogP contribution in [0.25, 0.3) is 214 Å². The van der Waals surface area contributed by atoms with Gasteiger partial charge in [-0.15, -0.1) is 0 Å². The lowest BCUT2D eigenvalue weighted by molar-refractivity contribution is 0.669. The number of fused-ring (bicyclic) bond motifs is 6. The van der Waals surface area contributed by atoms with E-state index >= 15 is 0 Å². The van der Waals surface area contributed by atoms with Crippen molar-refractivity contribution in [2.45, 2.75) is 0 Å². The second-order valence-corrected chi connectivity index (χ2v) is 27.0. The number of aromatic nitrogens is 12. The number of hydrogen-bond acceptors (Lipinski definition) is 15. The average Bonchev–Trinajstić information content (AvgIpc) is 1.59. The molecule has 15 heteroatoms. The molecule has 0 amide bonds. The van der Waals surface area contributed by atoms with E-state index in [-0.39, 0.29) is 0 Å². The Bertz CT molecular complexity index is 6970. The van der Waals surface area contributed by atoms with Crippen LogP contribution in [0.5, 0.6) is 0 Å². The maximum Gasteiger partial charge on any atom is 0.167 e. The summed E-state index contributed by atoms with van der Waals surface area (Å²) >= 11 is 0. The SMILES string of the molecule is N#Cc1cc(-c2ccc(-c3nc(-c4ccccc4)nc(-c4ccc5oc6c(-c7nc(-c8ccccc8)nc(-c8ccc(-c9ccccc9)cc8)n7)cccc6c5c4)n3)cc2)ccc1-c1ccc(-c2nc(-c3ccccc3)nc(-c3cccc4c3oc3ccc(-c5nc(-c6ccccc6)nc(-c6ccccc6)n5)cc34)n2)cc1. The van der Waals surface area contributed by atoms with Crippen molar-refractivity contribution in [1.82, 2.24) is 59.8 Å². The van der Waals surface area contributed by atoms with Gasteiger partial charge in [0.05, 0.1) is 22.8 Å². The Kier molecular flexibility index (Phi) is 16.5. The Balaban J connectivity index is 0.591. The normalized spacial score (nSPS) is 11.4. The highest BCUT2D eigenvalue weighted by atomic mass is 16.3. The molecule has 20 aromatic rings. The summed E-state index contributed by atoms with van der Waals surface area (Å²) in [4.78, 5) is 60.9. The summed E-state index contributed by atoms with van der Waals surface area (Å²) in [6.07, 6.45) is 0. The van der Waals surface area contributed by atoms with Crippen molar-refractivity contribution < 1.29 is 8.83 Å². The molecule has 0 aliphatic heterocycles. The molecule has 0 radical (unpaired) electrons. The molecule has 0 fully saturated rings. The van der Waals surface area contributed by atoms with E-state index in [1.54, 1.807) is 0 Å². The molecule has 0 N–H and O–H groups in total. The molecule has 6 aromatic heterocycles. The lowest BCUT2D eigenvalue weighted by Crippen LogP contribution is -2.00. The monoisotopic (exact) mass is 1440 g/mol. The number of rotatable bonds is 15. The van der Waals surface area contributed by atoms with E-state index in [0.29, 0.717) is 103 Å². The molecule has 0 bridgehead atoms. The van der Waals surface area contributed by atoms with Crippen molar-refractivity contribution in [2.75, 3.05) is 0 Å². The van der Waals surface area contributed by atoms with Crippen LogP contribution >= 0.6 is 0 Å². The lowest BCUT2D eigenvalue weighted by atomic mass is 9.94. The van der Waals surface area contributed by atoms with Gasteiger partial charge in [-0.1, -0.05) is 291 Å². The number of hydrogen-bond donors (Lipinski definition) is 0. The molecule has 0 unspecified atom stereocenters. The van der Waals surface area contributed by atoms with E-state index in [9.17, 15) is 5.26 Å². The molecule has 522 valence electrons. The van der Waals surface area contributed by atoms with Gasteiger partial charge >= 0.3 is 0 Å². The third-order valence-electron chi connectivity index (χ3n) is 20.0. The second kappa shape index (κ2) is 28.2. The molecule has 0 aliphatic carbocycles. The molecule has 0 atom stereocenters. The first kappa shape index (κ1) is 65.7.